The molecule has 0 radical (unpaired) electrons. The smallest absolute Gasteiger partial charge is 0.207 e. The van der Waals surface area contributed by atoms with Crippen molar-refractivity contribution in [3.63, 3.8) is 0 Å². The minimum atomic E-state index is 0.238. The fraction of sp³-hybridized carbons (Fsp3) is 0.375. The quantitative estimate of drug-likeness (QED) is 0.679. The summed E-state index contributed by atoms with van der Waals surface area (Å²) in [5.41, 5.74) is 1.29. The first-order chi connectivity index (χ1) is 5.33. The molecule has 0 bridgehead atoms. The molecule has 1 N–H and O–H groups in total. The van der Waals surface area contributed by atoms with Gasteiger partial charge in [0.15, 0.2) is 0 Å². The lowest BCUT2D eigenvalue weighted by atomic mass is 10.1. The van der Waals surface area contributed by atoms with Crippen LogP contribution in [0, 0.1) is 0 Å². The number of hydrogen-bond acceptors (Lipinski definition) is 2. The number of carbonyl (C=O) groups excluding carboxylic acids is 1. The van der Waals surface area contributed by atoms with Crippen molar-refractivity contribution in [2.75, 3.05) is 0 Å². The summed E-state index contributed by atoms with van der Waals surface area (Å²) >= 11 is 1.68. The zero-order chi connectivity index (χ0) is 8.10. The monoisotopic (exact) mass is 169 g/mol. The molecule has 3 heteroatoms. The van der Waals surface area contributed by atoms with Gasteiger partial charge in [-0.05, 0) is 35.7 Å². The van der Waals surface area contributed by atoms with Crippen molar-refractivity contribution in [1.29, 1.82) is 0 Å². The van der Waals surface area contributed by atoms with E-state index in [-0.39, 0.29) is 6.04 Å². The van der Waals surface area contributed by atoms with Gasteiger partial charge in [-0.2, -0.15) is 11.3 Å². The van der Waals surface area contributed by atoms with E-state index in [0.29, 0.717) is 0 Å². The molecule has 11 heavy (non-hydrogen) atoms. The van der Waals surface area contributed by atoms with Gasteiger partial charge >= 0.3 is 0 Å². The molecule has 60 valence electrons. The minimum Gasteiger partial charge on any atom is -0.356 e. The molecule has 1 unspecified atom stereocenters. The number of hydrogen-bond donors (Lipinski definition) is 1. The first kappa shape index (κ1) is 8.27. The minimum absolute atomic E-state index is 0.238. The van der Waals surface area contributed by atoms with Crippen molar-refractivity contribution in [3.05, 3.63) is 22.4 Å². The normalized spacial score (nSPS) is 12.5. The van der Waals surface area contributed by atoms with Gasteiger partial charge in [-0.25, -0.2) is 0 Å². The van der Waals surface area contributed by atoms with Crippen LogP contribution in [0.1, 0.15) is 12.5 Å². The van der Waals surface area contributed by atoms with Crippen molar-refractivity contribution in [3.8, 4) is 0 Å². The molecule has 0 aliphatic rings. The van der Waals surface area contributed by atoms with E-state index in [1.54, 1.807) is 11.3 Å². The summed E-state index contributed by atoms with van der Waals surface area (Å²) in [4.78, 5) is 10.0. The molecule has 0 aliphatic carbocycles. The van der Waals surface area contributed by atoms with Crippen LogP contribution < -0.4 is 5.32 Å². The average Bonchev–Trinajstić information content (AvgIpc) is 2.40. The molecule has 1 amide bonds. The van der Waals surface area contributed by atoms with E-state index < -0.39 is 0 Å². The standard InChI is InChI=1S/C8H11NOS/c1-7(9-6-10)4-8-2-3-11-5-8/h2-3,5-7H,4H2,1H3,(H,9,10). The molecular formula is C8H11NOS. The molecule has 1 heterocycles. The first-order valence-corrected chi connectivity index (χ1v) is 4.48. The van der Waals surface area contributed by atoms with Gasteiger partial charge in [0.25, 0.3) is 0 Å². The van der Waals surface area contributed by atoms with Crippen LogP contribution in [-0.2, 0) is 11.2 Å². The van der Waals surface area contributed by atoms with Crippen LogP contribution in [0.15, 0.2) is 16.8 Å². The second-order valence-electron chi connectivity index (χ2n) is 2.52. The lowest BCUT2D eigenvalue weighted by Gasteiger charge is -2.07. The van der Waals surface area contributed by atoms with Gasteiger partial charge in [-0.15, -0.1) is 0 Å². The van der Waals surface area contributed by atoms with Crippen molar-refractivity contribution in [1.82, 2.24) is 5.32 Å². The molecule has 0 fully saturated rings. The highest BCUT2D eigenvalue weighted by atomic mass is 32.1. The Morgan fingerprint density at radius 2 is 2.64 bits per heavy atom. The molecule has 1 aromatic heterocycles. The number of amides is 1. The Kier molecular flexibility index (Phi) is 3.11. The SMILES string of the molecule is CC(Cc1ccsc1)NC=O. The predicted octanol–water partition coefficient (Wildman–Crippen LogP) is 1.43. The van der Waals surface area contributed by atoms with Crippen LogP contribution in [-0.4, -0.2) is 12.5 Å². The zero-order valence-corrected chi connectivity index (χ0v) is 7.23. The third-order valence-corrected chi connectivity index (χ3v) is 2.21. The van der Waals surface area contributed by atoms with E-state index in [1.807, 2.05) is 12.3 Å². The maximum Gasteiger partial charge on any atom is 0.207 e. The van der Waals surface area contributed by atoms with E-state index in [0.717, 1.165) is 12.8 Å². The van der Waals surface area contributed by atoms with Crippen molar-refractivity contribution in [2.24, 2.45) is 0 Å². The van der Waals surface area contributed by atoms with Crippen molar-refractivity contribution >= 4 is 17.7 Å². The molecule has 0 aromatic carbocycles. The van der Waals surface area contributed by atoms with Crippen LogP contribution in [0.5, 0.6) is 0 Å². The van der Waals surface area contributed by atoms with E-state index in [2.05, 4.69) is 16.8 Å². The van der Waals surface area contributed by atoms with E-state index in [4.69, 9.17) is 0 Å². The van der Waals surface area contributed by atoms with Crippen LogP contribution >= 0.6 is 11.3 Å². The fourth-order valence-electron chi connectivity index (χ4n) is 0.937. The summed E-state index contributed by atoms with van der Waals surface area (Å²) in [6.45, 7) is 1.99. The molecular weight excluding hydrogens is 158 g/mol. The summed E-state index contributed by atoms with van der Waals surface area (Å²) in [5.74, 6) is 0. The number of thiophene rings is 1. The summed E-state index contributed by atoms with van der Waals surface area (Å²) in [6, 6.07) is 2.32. The Hall–Kier alpha value is -0.830. The molecule has 2 nitrogen and oxygen atoms in total. The number of carbonyl (C=O) groups is 1. The third-order valence-electron chi connectivity index (χ3n) is 1.47. The maximum atomic E-state index is 10.0. The first-order valence-electron chi connectivity index (χ1n) is 3.53. The Morgan fingerprint density at radius 1 is 1.82 bits per heavy atom. The molecule has 1 atom stereocenters. The molecule has 0 spiro atoms. The third kappa shape index (κ3) is 2.72. The maximum absolute atomic E-state index is 10.0. The lowest BCUT2D eigenvalue weighted by Crippen LogP contribution is -2.26. The van der Waals surface area contributed by atoms with Gasteiger partial charge in [0.2, 0.25) is 6.41 Å². The molecule has 1 aromatic rings. The van der Waals surface area contributed by atoms with Gasteiger partial charge in [0.1, 0.15) is 0 Å². The summed E-state index contributed by atoms with van der Waals surface area (Å²) in [6.07, 6.45) is 1.67. The summed E-state index contributed by atoms with van der Waals surface area (Å²) in [7, 11) is 0. The van der Waals surface area contributed by atoms with Crippen LogP contribution in [0.2, 0.25) is 0 Å². The van der Waals surface area contributed by atoms with Crippen molar-refractivity contribution < 1.29 is 4.79 Å². The molecule has 0 saturated carbocycles. The second kappa shape index (κ2) is 4.13. The average molecular weight is 169 g/mol. The Balaban J connectivity index is 2.37. The van der Waals surface area contributed by atoms with Gasteiger partial charge in [-0.1, -0.05) is 0 Å². The number of rotatable bonds is 4. The van der Waals surface area contributed by atoms with Crippen LogP contribution in [0.4, 0.5) is 0 Å². The molecule has 0 saturated heterocycles. The highest BCUT2D eigenvalue weighted by Gasteiger charge is 2.00. The van der Waals surface area contributed by atoms with Gasteiger partial charge in [0, 0.05) is 6.04 Å². The predicted molar refractivity (Wildman–Crippen MR) is 46.7 cm³/mol. The fourth-order valence-corrected chi connectivity index (χ4v) is 1.62. The summed E-state index contributed by atoms with van der Waals surface area (Å²) < 4.78 is 0. The Morgan fingerprint density at radius 3 is 3.18 bits per heavy atom. The van der Waals surface area contributed by atoms with E-state index in [1.165, 1.54) is 5.56 Å². The van der Waals surface area contributed by atoms with Gasteiger partial charge in [0.05, 0.1) is 0 Å². The highest BCUT2D eigenvalue weighted by molar-refractivity contribution is 7.07. The van der Waals surface area contributed by atoms with Crippen LogP contribution in [0.25, 0.3) is 0 Å². The highest BCUT2D eigenvalue weighted by Crippen LogP contribution is 2.07. The topological polar surface area (TPSA) is 29.1 Å². The zero-order valence-electron chi connectivity index (χ0n) is 6.41. The Labute approximate surface area is 70.2 Å². The van der Waals surface area contributed by atoms with Gasteiger partial charge < -0.3 is 5.32 Å². The van der Waals surface area contributed by atoms with E-state index >= 15 is 0 Å². The number of nitrogens with one attached hydrogen (secondary N) is 1. The largest absolute Gasteiger partial charge is 0.356 e. The molecule has 1 rings (SSSR count). The summed E-state index contributed by atoms with van der Waals surface area (Å²) in [5, 5.41) is 6.85. The Bertz CT molecular complexity index is 208. The van der Waals surface area contributed by atoms with E-state index in [9.17, 15) is 4.79 Å². The second-order valence-corrected chi connectivity index (χ2v) is 3.30. The van der Waals surface area contributed by atoms with Gasteiger partial charge in [-0.3, -0.25) is 4.79 Å². The van der Waals surface area contributed by atoms with Crippen molar-refractivity contribution in [2.45, 2.75) is 19.4 Å². The lowest BCUT2D eigenvalue weighted by molar-refractivity contribution is -0.110. The van der Waals surface area contributed by atoms with Crippen LogP contribution in [0.3, 0.4) is 0 Å². The molecule has 0 aliphatic heterocycles.